The molecule has 0 amide bonds. The molecular weight excluding hydrogens is 227 g/mol. The van der Waals surface area contributed by atoms with Gasteiger partial charge in [0.2, 0.25) is 0 Å². The van der Waals surface area contributed by atoms with Crippen LogP contribution in [0, 0.1) is 0 Å². The lowest BCUT2D eigenvalue weighted by Gasteiger charge is -2.12. The van der Waals surface area contributed by atoms with Crippen LogP contribution in [0.15, 0.2) is 10.8 Å². The predicted molar refractivity (Wildman–Crippen MR) is 55.8 cm³/mol. The number of phosphoric acid groups is 1. The number of halogens is 1. The Kier molecular flexibility index (Phi) is 6.45. The lowest BCUT2D eigenvalue weighted by molar-refractivity contribution is 0.235. The van der Waals surface area contributed by atoms with Crippen LogP contribution < -0.4 is 0 Å². The number of hydrogen-bond acceptors (Lipinski definition) is 2. The fourth-order valence-corrected chi connectivity index (χ4v) is 1.82. The van der Waals surface area contributed by atoms with E-state index in [0.717, 1.165) is 12.8 Å². The average molecular weight is 243 g/mol. The highest BCUT2D eigenvalue weighted by Gasteiger charge is 2.19. The first kappa shape index (κ1) is 14.0. The Bertz CT molecular complexity index is 246. The van der Waals surface area contributed by atoms with Crippen molar-refractivity contribution >= 4 is 19.4 Å². The molecule has 0 aliphatic carbocycles. The van der Waals surface area contributed by atoms with E-state index in [1.54, 1.807) is 0 Å². The van der Waals surface area contributed by atoms with E-state index >= 15 is 0 Å². The predicted octanol–water partition coefficient (Wildman–Crippen LogP) is 3.15. The Morgan fingerprint density at radius 2 is 1.79 bits per heavy atom. The van der Waals surface area contributed by atoms with E-state index < -0.39 is 7.82 Å². The molecule has 0 unspecified atom stereocenters. The maximum atomic E-state index is 10.6. The highest BCUT2D eigenvalue weighted by atomic mass is 35.5. The molecule has 84 valence electrons. The molecule has 0 aliphatic heterocycles. The van der Waals surface area contributed by atoms with Gasteiger partial charge in [-0.3, -0.25) is 9.79 Å². The van der Waals surface area contributed by atoms with Gasteiger partial charge in [0.05, 0.1) is 5.03 Å². The Hall–Kier alpha value is -0.0200. The van der Waals surface area contributed by atoms with Crippen LogP contribution in [-0.4, -0.2) is 9.79 Å². The zero-order chi connectivity index (χ0) is 11.2. The van der Waals surface area contributed by atoms with Crippen LogP contribution in [0.3, 0.4) is 0 Å². The van der Waals surface area contributed by atoms with Gasteiger partial charge in [0.25, 0.3) is 0 Å². The second-order valence-corrected chi connectivity index (χ2v) is 4.53. The van der Waals surface area contributed by atoms with Gasteiger partial charge in [-0.15, -0.1) is 0 Å². The van der Waals surface area contributed by atoms with Crippen molar-refractivity contribution < 1.29 is 18.9 Å². The maximum absolute atomic E-state index is 10.6. The van der Waals surface area contributed by atoms with Crippen LogP contribution in [0.2, 0.25) is 0 Å². The fraction of sp³-hybridized carbons (Fsp3) is 0.750. The minimum absolute atomic E-state index is 0.212. The molecular formula is C8H16ClO4P. The number of rotatable bonds is 6. The van der Waals surface area contributed by atoms with Crippen molar-refractivity contribution in [3.8, 4) is 0 Å². The smallest absolute Gasteiger partial charge is 0.408 e. The number of phosphoric ester groups is 1. The molecule has 4 nitrogen and oxygen atoms in total. The molecule has 2 N–H and O–H groups in total. The molecule has 0 saturated carbocycles. The highest BCUT2D eigenvalue weighted by Crippen LogP contribution is 2.41. The van der Waals surface area contributed by atoms with Crippen molar-refractivity contribution in [1.29, 1.82) is 0 Å². The third-order valence-electron chi connectivity index (χ3n) is 1.48. The van der Waals surface area contributed by atoms with Crippen molar-refractivity contribution in [3.63, 3.8) is 0 Å². The molecule has 0 aromatic carbocycles. The standard InChI is InChI=1S/C8H16ClO4P/c1-3-5-7(9)8(6-4-2)13-14(10,11)12/h3-6H2,1-2H3,(H2,10,11,12). The van der Waals surface area contributed by atoms with Gasteiger partial charge >= 0.3 is 7.82 Å². The zero-order valence-corrected chi connectivity index (χ0v) is 10.0. The first-order valence-electron chi connectivity index (χ1n) is 4.53. The van der Waals surface area contributed by atoms with Crippen molar-refractivity contribution in [3.05, 3.63) is 10.8 Å². The van der Waals surface area contributed by atoms with Gasteiger partial charge in [-0.05, 0) is 12.8 Å². The van der Waals surface area contributed by atoms with Crippen molar-refractivity contribution in [2.75, 3.05) is 0 Å². The Morgan fingerprint density at radius 3 is 2.14 bits per heavy atom. The molecule has 0 fully saturated rings. The second-order valence-electron chi connectivity index (χ2n) is 2.91. The Balaban J connectivity index is 4.57. The summed E-state index contributed by atoms with van der Waals surface area (Å²) in [5, 5.41) is 0.401. The molecule has 0 saturated heterocycles. The van der Waals surface area contributed by atoms with Crippen LogP contribution in [0.25, 0.3) is 0 Å². The largest absolute Gasteiger partial charge is 0.524 e. The summed E-state index contributed by atoms with van der Waals surface area (Å²) in [5.74, 6) is 0.212. The van der Waals surface area contributed by atoms with E-state index in [1.165, 1.54) is 0 Å². The first-order valence-corrected chi connectivity index (χ1v) is 6.44. The van der Waals surface area contributed by atoms with E-state index in [9.17, 15) is 4.57 Å². The summed E-state index contributed by atoms with van der Waals surface area (Å²) in [6, 6.07) is 0. The zero-order valence-electron chi connectivity index (χ0n) is 8.36. The summed E-state index contributed by atoms with van der Waals surface area (Å²) >= 11 is 5.84. The van der Waals surface area contributed by atoms with Gasteiger partial charge in [0.15, 0.2) is 0 Å². The molecule has 0 radical (unpaired) electrons. The van der Waals surface area contributed by atoms with E-state index in [0.29, 0.717) is 17.9 Å². The van der Waals surface area contributed by atoms with Crippen molar-refractivity contribution in [2.24, 2.45) is 0 Å². The van der Waals surface area contributed by atoms with E-state index in [-0.39, 0.29) is 5.76 Å². The van der Waals surface area contributed by atoms with Gasteiger partial charge in [0, 0.05) is 6.42 Å². The molecule has 6 heteroatoms. The highest BCUT2D eigenvalue weighted by molar-refractivity contribution is 7.46. The van der Waals surface area contributed by atoms with Crippen LogP contribution in [0.5, 0.6) is 0 Å². The lowest BCUT2D eigenvalue weighted by atomic mass is 10.2. The first-order chi connectivity index (χ1) is 6.40. The molecule has 0 aromatic rings. The molecule has 0 heterocycles. The summed E-state index contributed by atoms with van der Waals surface area (Å²) in [4.78, 5) is 17.3. The van der Waals surface area contributed by atoms with E-state index in [1.807, 2.05) is 13.8 Å². The van der Waals surface area contributed by atoms with Gasteiger partial charge in [-0.2, -0.15) is 0 Å². The van der Waals surface area contributed by atoms with E-state index in [4.69, 9.17) is 21.4 Å². The molecule has 14 heavy (non-hydrogen) atoms. The fourth-order valence-electron chi connectivity index (χ4n) is 0.960. The van der Waals surface area contributed by atoms with Crippen LogP contribution in [0.1, 0.15) is 39.5 Å². The summed E-state index contributed by atoms with van der Waals surface area (Å²) in [5.41, 5.74) is 0. The van der Waals surface area contributed by atoms with Gasteiger partial charge in [-0.25, -0.2) is 4.57 Å². The van der Waals surface area contributed by atoms with Gasteiger partial charge in [-0.1, -0.05) is 31.9 Å². The topological polar surface area (TPSA) is 66.8 Å². The number of hydrogen-bond donors (Lipinski definition) is 2. The molecule has 0 bridgehead atoms. The van der Waals surface area contributed by atoms with Crippen molar-refractivity contribution in [2.45, 2.75) is 39.5 Å². The summed E-state index contributed by atoms with van der Waals surface area (Å²) in [7, 11) is -4.47. The monoisotopic (exact) mass is 242 g/mol. The van der Waals surface area contributed by atoms with Crippen LogP contribution >= 0.6 is 19.4 Å². The molecule has 0 aliphatic rings. The minimum atomic E-state index is -4.47. The summed E-state index contributed by atoms with van der Waals surface area (Å²) in [6.45, 7) is 3.82. The maximum Gasteiger partial charge on any atom is 0.524 e. The summed E-state index contributed by atoms with van der Waals surface area (Å²) in [6.07, 6.45) is 2.58. The molecule has 0 atom stereocenters. The Morgan fingerprint density at radius 1 is 1.29 bits per heavy atom. The molecule has 0 rings (SSSR count). The lowest BCUT2D eigenvalue weighted by Crippen LogP contribution is -1.93. The average Bonchev–Trinajstić information content (AvgIpc) is 2.01. The van der Waals surface area contributed by atoms with E-state index in [2.05, 4.69) is 4.52 Å². The summed E-state index contributed by atoms with van der Waals surface area (Å²) < 4.78 is 15.1. The molecule has 0 spiro atoms. The van der Waals surface area contributed by atoms with Gasteiger partial charge in [0.1, 0.15) is 5.76 Å². The quantitative estimate of drug-likeness (QED) is 0.555. The minimum Gasteiger partial charge on any atom is -0.408 e. The SMILES string of the molecule is CCCC(Cl)=C(CCC)OP(=O)(O)O. The normalized spacial score (nSPS) is 13.8. The molecule has 0 aromatic heterocycles. The van der Waals surface area contributed by atoms with Crippen LogP contribution in [-0.2, 0) is 9.09 Å². The third-order valence-corrected chi connectivity index (χ3v) is 2.34. The van der Waals surface area contributed by atoms with Crippen molar-refractivity contribution in [1.82, 2.24) is 0 Å². The third kappa shape index (κ3) is 6.44. The second kappa shape index (κ2) is 6.46. The van der Waals surface area contributed by atoms with Gasteiger partial charge < -0.3 is 4.52 Å². The number of allylic oxidation sites excluding steroid dienone is 2. The Labute approximate surface area is 89.2 Å². The van der Waals surface area contributed by atoms with Crippen LogP contribution in [0.4, 0.5) is 0 Å².